The molecular formula is C33H36BrN3O4S. The summed E-state index contributed by atoms with van der Waals surface area (Å²) in [5, 5.41) is 4.57. The Morgan fingerprint density at radius 3 is 2.19 bits per heavy atom. The number of carbonyl (C=O) groups is 2. The van der Waals surface area contributed by atoms with E-state index in [4.69, 9.17) is 0 Å². The second-order valence-electron chi connectivity index (χ2n) is 10.8. The molecular weight excluding hydrogens is 614 g/mol. The molecule has 0 aliphatic heterocycles. The summed E-state index contributed by atoms with van der Waals surface area (Å²) in [4.78, 5) is 29.5. The van der Waals surface area contributed by atoms with E-state index in [1.165, 1.54) is 4.90 Å². The third kappa shape index (κ3) is 8.20. The standard InChI is InChI=1S/C33H36BrN3O4S/c1-24(2)21-35-33(39)31(20-25-11-5-4-6-12-25)36(22-26-13-9-16-28(34)19-26)32(38)23-37(42(3,40)41)30-18-10-15-27-14-7-8-17-29(27)30/h4-19,24,31H,20-23H2,1-3H3,(H,35,39). The fourth-order valence-corrected chi connectivity index (χ4v) is 6.14. The normalized spacial score (nSPS) is 12.2. The maximum atomic E-state index is 14.3. The fourth-order valence-electron chi connectivity index (χ4n) is 4.83. The lowest BCUT2D eigenvalue weighted by molar-refractivity contribution is -0.140. The van der Waals surface area contributed by atoms with Crippen LogP contribution in [-0.2, 0) is 32.6 Å². The number of nitrogens with one attached hydrogen (secondary N) is 1. The lowest BCUT2D eigenvalue weighted by atomic mass is 10.0. The average molecular weight is 651 g/mol. The molecule has 9 heteroatoms. The maximum Gasteiger partial charge on any atom is 0.244 e. The summed E-state index contributed by atoms with van der Waals surface area (Å²) in [7, 11) is -3.87. The monoisotopic (exact) mass is 649 g/mol. The number of nitrogens with zero attached hydrogens (tertiary/aromatic N) is 2. The number of rotatable bonds is 12. The van der Waals surface area contributed by atoms with Crippen molar-refractivity contribution in [2.45, 2.75) is 32.9 Å². The zero-order chi connectivity index (χ0) is 30.3. The molecule has 1 N–H and O–H groups in total. The Morgan fingerprint density at radius 2 is 1.50 bits per heavy atom. The molecule has 4 aromatic rings. The largest absolute Gasteiger partial charge is 0.354 e. The number of fused-ring (bicyclic) bond motifs is 1. The average Bonchev–Trinajstić information content (AvgIpc) is 2.96. The van der Waals surface area contributed by atoms with Crippen LogP contribution in [0.5, 0.6) is 0 Å². The summed E-state index contributed by atoms with van der Waals surface area (Å²) in [5.74, 6) is -0.548. The van der Waals surface area contributed by atoms with Crippen molar-refractivity contribution in [3.63, 3.8) is 0 Å². The highest BCUT2D eigenvalue weighted by Gasteiger charge is 2.33. The SMILES string of the molecule is CC(C)CNC(=O)C(Cc1ccccc1)N(Cc1cccc(Br)c1)C(=O)CN(c1cccc2ccccc12)S(C)(=O)=O. The van der Waals surface area contributed by atoms with E-state index < -0.39 is 28.5 Å². The van der Waals surface area contributed by atoms with E-state index in [0.717, 1.165) is 31.5 Å². The minimum Gasteiger partial charge on any atom is -0.354 e. The molecule has 4 aromatic carbocycles. The predicted molar refractivity (Wildman–Crippen MR) is 173 cm³/mol. The first-order valence-electron chi connectivity index (χ1n) is 13.8. The molecule has 4 rings (SSSR count). The van der Waals surface area contributed by atoms with E-state index in [0.29, 0.717) is 17.6 Å². The molecule has 0 aliphatic carbocycles. The second kappa shape index (κ2) is 14.0. The Bertz CT molecular complexity index is 1640. The summed E-state index contributed by atoms with van der Waals surface area (Å²) in [6, 6.07) is 29.0. The zero-order valence-corrected chi connectivity index (χ0v) is 26.4. The van der Waals surface area contributed by atoms with Crippen LogP contribution in [0.2, 0.25) is 0 Å². The lowest BCUT2D eigenvalue weighted by Crippen LogP contribution is -2.53. The highest BCUT2D eigenvalue weighted by molar-refractivity contribution is 9.10. The number of carbonyl (C=O) groups excluding carboxylic acids is 2. The van der Waals surface area contributed by atoms with Gasteiger partial charge in [0.25, 0.3) is 0 Å². The Morgan fingerprint density at radius 1 is 0.857 bits per heavy atom. The van der Waals surface area contributed by atoms with E-state index in [-0.39, 0.29) is 24.8 Å². The Kier molecular flexibility index (Phi) is 10.4. The van der Waals surface area contributed by atoms with Crippen LogP contribution in [0.4, 0.5) is 5.69 Å². The molecule has 0 saturated heterocycles. The van der Waals surface area contributed by atoms with Gasteiger partial charge in [-0.1, -0.05) is 109 Å². The third-order valence-electron chi connectivity index (χ3n) is 6.91. The summed E-state index contributed by atoms with van der Waals surface area (Å²) in [6.45, 7) is 4.13. The van der Waals surface area contributed by atoms with E-state index in [1.54, 1.807) is 12.1 Å². The molecule has 7 nitrogen and oxygen atoms in total. The number of amides is 2. The Balaban J connectivity index is 1.77. The van der Waals surface area contributed by atoms with Gasteiger partial charge in [-0.2, -0.15) is 0 Å². The molecule has 0 radical (unpaired) electrons. The van der Waals surface area contributed by atoms with Crippen molar-refractivity contribution in [3.8, 4) is 0 Å². The first-order valence-corrected chi connectivity index (χ1v) is 16.5. The van der Waals surface area contributed by atoms with Crippen LogP contribution < -0.4 is 9.62 Å². The van der Waals surface area contributed by atoms with Crippen LogP contribution in [-0.4, -0.2) is 50.5 Å². The van der Waals surface area contributed by atoms with Gasteiger partial charge in [-0.15, -0.1) is 0 Å². The van der Waals surface area contributed by atoms with Gasteiger partial charge in [-0.3, -0.25) is 13.9 Å². The minimum atomic E-state index is -3.87. The highest BCUT2D eigenvalue weighted by atomic mass is 79.9. The first-order chi connectivity index (χ1) is 20.0. The summed E-state index contributed by atoms with van der Waals surface area (Å²) in [5.41, 5.74) is 2.11. The van der Waals surface area contributed by atoms with Gasteiger partial charge in [0.15, 0.2) is 0 Å². The van der Waals surface area contributed by atoms with Crippen LogP contribution in [0, 0.1) is 5.92 Å². The van der Waals surface area contributed by atoms with E-state index in [2.05, 4.69) is 21.2 Å². The first kappa shape index (κ1) is 31.3. The number of hydrogen-bond acceptors (Lipinski definition) is 4. The molecule has 220 valence electrons. The summed E-state index contributed by atoms with van der Waals surface area (Å²) in [6.07, 6.45) is 1.37. The predicted octanol–water partition coefficient (Wildman–Crippen LogP) is 5.78. The van der Waals surface area contributed by atoms with Gasteiger partial charge in [0.05, 0.1) is 11.9 Å². The van der Waals surface area contributed by atoms with Crippen LogP contribution in [0.3, 0.4) is 0 Å². The van der Waals surface area contributed by atoms with E-state index in [1.807, 2.05) is 98.8 Å². The quantitative estimate of drug-likeness (QED) is 0.211. The molecule has 1 atom stereocenters. The minimum absolute atomic E-state index is 0.123. The summed E-state index contributed by atoms with van der Waals surface area (Å²) < 4.78 is 28.3. The van der Waals surface area contributed by atoms with Crippen molar-refractivity contribution in [2.24, 2.45) is 5.92 Å². The highest BCUT2D eigenvalue weighted by Crippen LogP contribution is 2.29. The molecule has 2 amide bonds. The van der Waals surface area contributed by atoms with Crippen LogP contribution in [0.25, 0.3) is 10.8 Å². The molecule has 0 spiro atoms. The molecule has 0 saturated carbocycles. The number of benzene rings is 4. The molecule has 42 heavy (non-hydrogen) atoms. The number of hydrogen-bond donors (Lipinski definition) is 1. The molecule has 0 fully saturated rings. The topological polar surface area (TPSA) is 86.8 Å². The number of sulfonamides is 1. The van der Waals surface area contributed by atoms with Crippen molar-refractivity contribution < 1.29 is 18.0 Å². The second-order valence-corrected chi connectivity index (χ2v) is 13.6. The number of anilines is 1. The van der Waals surface area contributed by atoms with Gasteiger partial charge in [-0.25, -0.2) is 8.42 Å². The van der Waals surface area contributed by atoms with Gasteiger partial charge in [0.1, 0.15) is 12.6 Å². The molecule has 0 aromatic heterocycles. The van der Waals surface area contributed by atoms with Crippen LogP contribution >= 0.6 is 15.9 Å². The van der Waals surface area contributed by atoms with Crippen LogP contribution in [0.15, 0.2) is 102 Å². The van der Waals surface area contributed by atoms with Gasteiger partial charge >= 0.3 is 0 Å². The molecule has 0 heterocycles. The van der Waals surface area contributed by atoms with Gasteiger partial charge in [0, 0.05) is 29.4 Å². The van der Waals surface area contributed by atoms with Gasteiger partial charge in [0.2, 0.25) is 21.8 Å². The molecule has 1 unspecified atom stereocenters. The Hall–Kier alpha value is -3.69. The van der Waals surface area contributed by atoms with Gasteiger partial charge < -0.3 is 10.2 Å². The zero-order valence-electron chi connectivity index (χ0n) is 24.0. The Labute approximate surface area is 256 Å². The lowest BCUT2D eigenvalue weighted by Gasteiger charge is -2.34. The van der Waals surface area contributed by atoms with Crippen molar-refractivity contribution >= 4 is 54.2 Å². The number of halogens is 1. The molecule has 0 bridgehead atoms. The van der Waals surface area contributed by atoms with Gasteiger partial charge in [-0.05, 0) is 40.6 Å². The summed E-state index contributed by atoms with van der Waals surface area (Å²) >= 11 is 3.50. The van der Waals surface area contributed by atoms with E-state index >= 15 is 0 Å². The smallest absolute Gasteiger partial charge is 0.244 e. The van der Waals surface area contributed by atoms with E-state index in [9.17, 15) is 18.0 Å². The fraction of sp³-hybridized carbons (Fsp3) is 0.273. The third-order valence-corrected chi connectivity index (χ3v) is 8.53. The van der Waals surface area contributed by atoms with Crippen molar-refractivity contribution in [1.82, 2.24) is 10.2 Å². The molecule has 0 aliphatic rings. The van der Waals surface area contributed by atoms with Crippen molar-refractivity contribution in [2.75, 3.05) is 23.7 Å². The van der Waals surface area contributed by atoms with Crippen LogP contribution in [0.1, 0.15) is 25.0 Å². The van der Waals surface area contributed by atoms with Crippen molar-refractivity contribution in [1.29, 1.82) is 0 Å². The van der Waals surface area contributed by atoms with Crippen molar-refractivity contribution in [3.05, 3.63) is 113 Å². The maximum absolute atomic E-state index is 14.3.